The number of aromatic nitrogens is 1. The van der Waals surface area contributed by atoms with Gasteiger partial charge in [-0.3, -0.25) is 9.59 Å². The lowest BCUT2D eigenvalue weighted by atomic mass is 9.83. The van der Waals surface area contributed by atoms with Crippen LogP contribution in [0.5, 0.6) is 0 Å². The van der Waals surface area contributed by atoms with Crippen LogP contribution in [-0.4, -0.2) is 29.0 Å². The Morgan fingerprint density at radius 1 is 1.36 bits per heavy atom. The van der Waals surface area contributed by atoms with Crippen molar-refractivity contribution in [3.8, 4) is 0 Å². The highest BCUT2D eigenvalue weighted by Gasteiger charge is 2.38. The van der Waals surface area contributed by atoms with Gasteiger partial charge in [0.05, 0.1) is 17.4 Å². The average molecular weight is 416 g/mol. The van der Waals surface area contributed by atoms with Crippen molar-refractivity contribution in [2.24, 2.45) is 5.73 Å². The number of hydrogen-bond acceptors (Lipinski definition) is 6. The molecule has 148 valence electrons. The zero-order valence-corrected chi connectivity index (χ0v) is 18.4. The lowest BCUT2D eigenvalue weighted by Gasteiger charge is -2.24. The van der Waals surface area contributed by atoms with Crippen molar-refractivity contribution >= 4 is 40.5 Å². The van der Waals surface area contributed by atoms with Crippen LogP contribution < -0.4 is 10.6 Å². The van der Waals surface area contributed by atoms with Gasteiger partial charge in [0, 0.05) is 34.8 Å². The lowest BCUT2D eigenvalue weighted by Crippen LogP contribution is -2.25. The number of aryl methyl sites for hydroxylation is 1. The van der Waals surface area contributed by atoms with E-state index in [4.69, 9.17) is 5.73 Å². The Hall–Kier alpha value is -2.12. The Morgan fingerprint density at radius 3 is 2.68 bits per heavy atom. The molecular weight excluding hydrogens is 390 g/mol. The van der Waals surface area contributed by atoms with Gasteiger partial charge in [-0.2, -0.15) is 0 Å². The van der Waals surface area contributed by atoms with Gasteiger partial charge in [0.1, 0.15) is 0 Å². The van der Waals surface area contributed by atoms with E-state index in [1.54, 1.807) is 6.08 Å². The Labute approximate surface area is 174 Å². The molecular formula is C21H25N3O2S2. The van der Waals surface area contributed by atoms with E-state index in [1.807, 2.05) is 33.0 Å². The fourth-order valence-corrected chi connectivity index (χ4v) is 5.90. The first-order valence-electron chi connectivity index (χ1n) is 9.11. The number of rotatable bonds is 6. The summed E-state index contributed by atoms with van der Waals surface area (Å²) in [7, 11) is 2.00. The molecule has 0 saturated carbocycles. The van der Waals surface area contributed by atoms with Crippen LogP contribution in [0, 0.1) is 6.92 Å². The monoisotopic (exact) mass is 415 g/mol. The number of benzene rings is 1. The predicted molar refractivity (Wildman–Crippen MR) is 116 cm³/mol. The highest BCUT2D eigenvalue weighted by molar-refractivity contribution is 8.02. The summed E-state index contributed by atoms with van der Waals surface area (Å²) >= 11 is 2.86. The normalized spacial score (nSPS) is 17.6. The third-order valence-electron chi connectivity index (χ3n) is 5.11. The number of hydrogen-bond donors (Lipinski definition) is 1. The molecule has 28 heavy (non-hydrogen) atoms. The van der Waals surface area contributed by atoms with Crippen LogP contribution in [0.2, 0.25) is 0 Å². The van der Waals surface area contributed by atoms with Gasteiger partial charge >= 0.3 is 0 Å². The standard InChI is InChI=1S/C21H25N3O2S2/c1-12-17(11-19(22)26)28-20(23-12)27-13(2)16(25)10-18-21(3,4)14-8-6-7-9-15(14)24(18)5/h6-10,13H,11H2,1-5H3,(H2,22,26)/b18-10+/t13-/m1/s1. The van der Waals surface area contributed by atoms with Gasteiger partial charge in [-0.05, 0) is 25.5 Å². The summed E-state index contributed by atoms with van der Waals surface area (Å²) in [5.41, 5.74) is 9.22. The summed E-state index contributed by atoms with van der Waals surface area (Å²) in [6, 6.07) is 8.25. The molecule has 3 rings (SSSR count). The Bertz CT molecular complexity index is 962. The molecule has 1 amide bonds. The molecule has 0 spiro atoms. The van der Waals surface area contributed by atoms with E-state index in [-0.39, 0.29) is 28.8 Å². The number of carbonyl (C=O) groups excluding carboxylic acids is 2. The lowest BCUT2D eigenvalue weighted by molar-refractivity contribution is -0.117. The number of amides is 1. The maximum atomic E-state index is 12.9. The third kappa shape index (κ3) is 3.86. The number of para-hydroxylation sites is 1. The molecule has 1 atom stereocenters. The zero-order valence-electron chi connectivity index (χ0n) is 16.8. The zero-order chi connectivity index (χ0) is 20.6. The van der Waals surface area contributed by atoms with E-state index in [1.165, 1.54) is 28.7 Å². The van der Waals surface area contributed by atoms with Gasteiger partial charge in [-0.25, -0.2) is 4.98 Å². The molecule has 5 nitrogen and oxygen atoms in total. The topological polar surface area (TPSA) is 76.3 Å². The van der Waals surface area contributed by atoms with Crippen molar-refractivity contribution in [1.82, 2.24) is 4.98 Å². The van der Waals surface area contributed by atoms with Gasteiger partial charge in [0.2, 0.25) is 5.91 Å². The van der Waals surface area contributed by atoms with Gasteiger partial charge in [-0.1, -0.05) is 43.8 Å². The van der Waals surface area contributed by atoms with Crippen molar-refractivity contribution < 1.29 is 9.59 Å². The van der Waals surface area contributed by atoms with E-state index < -0.39 is 0 Å². The molecule has 0 unspecified atom stereocenters. The maximum Gasteiger partial charge on any atom is 0.222 e. The molecule has 2 heterocycles. The summed E-state index contributed by atoms with van der Waals surface area (Å²) in [5.74, 6) is -0.319. The molecule has 0 radical (unpaired) electrons. The first kappa shape index (κ1) is 20.6. The number of thioether (sulfide) groups is 1. The number of fused-ring (bicyclic) bond motifs is 1. The largest absolute Gasteiger partial charge is 0.369 e. The number of carbonyl (C=O) groups is 2. The molecule has 2 N–H and O–H groups in total. The molecule has 0 fully saturated rings. The van der Waals surface area contributed by atoms with Crippen molar-refractivity contribution in [2.75, 3.05) is 11.9 Å². The molecule has 2 aromatic rings. The van der Waals surface area contributed by atoms with Crippen LogP contribution >= 0.6 is 23.1 Å². The summed E-state index contributed by atoms with van der Waals surface area (Å²) in [6.07, 6.45) is 1.95. The van der Waals surface area contributed by atoms with Gasteiger partial charge < -0.3 is 10.6 Å². The number of anilines is 1. The highest BCUT2D eigenvalue weighted by Crippen LogP contribution is 2.46. The molecule has 0 bridgehead atoms. The SMILES string of the molecule is Cc1nc(S[C@H](C)C(=O)/C=C2/N(C)c3ccccc3C2(C)C)sc1CC(N)=O. The number of nitrogens with zero attached hydrogens (tertiary/aromatic N) is 2. The smallest absolute Gasteiger partial charge is 0.222 e. The first-order valence-corrected chi connectivity index (χ1v) is 10.8. The average Bonchev–Trinajstić information content (AvgIpc) is 3.04. The van der Waals surface area contributed by atoms with Gasteiger partial charge in [-0.15, -0.1) is 11.3 Å². The van der Waals surface area contributed by atoms with Gasteiger partial charge in [0.25, 0.3) is 0 Å². The van der Waals surface area contributed by atoms with Crippen LogP contribution in [0.4, 0.5) is 5.69 Å². The Morgan fingerprint density at radius 2 is 2.04 bits per heavy atom. The molecule has 1 aliphatic heterocycles. The quantitative estimate of drug-likeness (QED) is 0.573. The van der Waals surface area contributed by atoms with Crippen molar-refractivity contribution in [3.63, 3.8) is 0 Å². The Balaban J connectivity index is 1.78. The molecule has 1 aliphatic rings. The van der Waals surface area contributed by atoms with Crippen molar-refractivity contribution in [1.29, 1.82) is 0 Å². The van der Waals surface area contributed by atoms with Crippen LogP contribution in [0.1, 0.15) is 36.9 Å². The second-order valence-corrected chi connectivity index (χ2v) is 10.2. The highest BCUT2D eigenvalue weighted by atomic mass is 32.2. The van der Waals surface area contributed by atoms with E-state index in [2.05, 4.69) is 35.9 Å². The summed E-state index contributed by atoms with van der Waals surface area (Å²) in [4.78, 5) is 31.5. The number of nitrogens with two attached hydrogens (primary N) is 1. The summed E-state index contributed by atoms with van der Waals surface area (Å²) < 4.78 is 0.787. The fourth-order valence-electron chi connectivity index (χ4n) is 3.49. The maximum absolute atomic E-state index is 12.9. The minimum absolute atomic E-state index is 0.0528. The molecule has 7 heteroatoms. The minimum atomic E-state index is -0.372. The van der Waals surface area contributed by atoms with E-state index in [0.29, 0.717) is 0 Å². The van der Waals surface area contributed by atoms with Gasteiger partial charge in [0.15, 0.2) is 10.1 Å². The van der Waals surface area contributed by atoms with Crippen LogP contribution in [0.3, 0.4) is 0 Å². The van der Waals surface area contributed by atoms with Crippen LogP contribution in [0.15, 0.2) is 40.4 Å². The number of primary amides is 1. The first-order chi connectivity index (χ1) is 13.1. The van der Waals surface area contributed by atoms with E-state index in [0.717, 1.165) is 26.3 Å². The fraction of sp³-hybridized carbons (Fsp3) is 0.381. The molecule has 0 saturated heterocycles. The van der Waals surface area contributed by atoms with E-state index >= 15 is 0 Å². The van der Waals surface area contributed by atoms with Crippen molar-refractivity contribution in [3.05, 3.63) is 52.2 Å². The molecule has 1 aromatic heterocycles. The van der Waals surface area contributed by atoms with Crippen molar-refractivity contribution in [2.45, 2.75) is 49.1 Å². The Kier molecular flexibility index (Phi) is 5.68. The number of allylic oxidation sites excluding steroid dienone is 2. The number of thiazole rings is 1. The number of ketones is 1. The predicted octanol–water partition coefficient (Wildman–Crippen LogP) is 3.84. The third-order valence-corrected chi connectivity index (χ3v) is 7.48. The second kappa shape index (κ2) is 7.72. The van der Waals surface area contributed by atoms with Crippen LogP contribution in [0.25, 0.3) is 0 Å². The van der Waals surface area contributed by atoms with E-state index in [9.17, 15) is 9.59 Å². The molecule has 0 aliphatic carbocycles. The summed E-state index contributed by atoms with van der Waals surface area (Å²) in [6.45, 7) is 8.04. The number of likely N-dealkylation sites (N-methyl/N-ethyl adjacent to an activating group) is 1. The van der Waals surface area contributed by atoms with Crippen LogP contribution in [-0.2, 0) is 21.4 Å². The second-order valence-electron chi connectivity index (χ2n) is 7.52. The minimum Gasteiger partial charge on any atom is -0.369 e. The molecule has 1 aromatic carbocycles. The summed E-state index contributed by atoms with van der Waals surface area (Å²) in [5, 5.41) is -0.271.